The number of nitrogens with one attached hydrogen (secondary N) is 1. The Bertz CT molecular complexity index is 989. The Morgan fingerprint density at radius 1 is 1.10 bits per heavy atom. The first kappa shape index (κ1) is 21.5. The SMILES string of the molecule is CC(OC(=O)CCc1nc(-c2ccc(Cl)cc2)no1)C(=O)NC(C)c1ccccc1. The van der Waals surface area contributed by atoms with E-state index in [-0.39, 0.29) is 24.8 Å². The molecule has 156 valence electrons. The fourth-order valence-corrected chi connectivity index (χ4v) is 2.87. The molecule has 2 atom stereocenters. The maximum atomic E-state index is 12.3. The molecule has 0 saturated carbocycles. The topological polar surface area (TPSA) is 94.3 Å². The van der Waals surface area contributed by atoms with Crippen molar-refractivity contribution in [2.45, 2.75) is 38.8 Å². The third-order valence-corrected chi connectivity index (χ3v) is 4.70. The summed E-state index contributed by atoms with van der Waals surface area (Å²) < 4.78 is 10.4. The van der Waals surface area contributed by atoms with Gasteiger partial charge in [0, 0.05) is 17.0 Å². The summed E-state index contributed by atoms with van der Waals surface area (Å²) >= 11 is 5.87. The third-order valence-electron chi connectivity index (χ3n) is 4.45. The minimum absolute atomic E-state index is 0.0219. The van der Waals surface area contributed by atoms with E-state index in [1.165, 1.54) is 6.92 Å². The van der Waals surface area contributed by atoms with Crippen molar-refractivity contribution in [3.63, 3.8) is 0 Å². The van der Waals surface area contributed by atoms with Crippen molar-refractivity contribution in [3.05, 3.63) is 71.1 Å². The summed E-state index contributed by atoms with van der Waals surface area (Å²) in [5.41, 5.74) is 1.73. The van der Waals surface area contributed by atoms with Crippen LogP contribution in [0.15, 0.2) is 59.1 Å². The lowest BCUT2D eigenvalue weighted by Gasteiger charge is -2.18. The molecule has 0 bridgehead atoms. The fourth-order valence-electron chi connectivity index (χ4n) is 2.75. The van der Waals surface area contributed by atoms with Crippen LogP contribution in [-0.4, -0.2) is 28.1 Å². The summed E-state index contributed by atoms with van der Waals surface area (Å²) in [6, 6.07) is 16.4. The maximum absolute atomic E-state index is 12.3. The molecule has 2 unspecified atom stereocenters. The van der Waals surface area contributed by atoms with E-state index in [0.29, 0.717) is 16.7 Å². The number of rotatable bonds is 8. The van der Waals surface area contributed by atoms with Crippen molar-refractivity contribution in [1.82, 2.24) is 15.5 Å². The molecule has 2 aromatic carbocycles. The van der Waals surface area contributed by atoms with Gasteiger partial charge in [0.15, 0.2) is 6.10 Å². The van der Waals surface area contributed by atoms with Gasteiger partial charge < -0.3 is 14.6 Å². The number of carbonyl (C=O) groups is 2. The number of aryl methyl sites for hydroxylation is 1. The first-order valence-electron chi connectivity index (χ1n) is 9.55. The summed E-state index contributed by atoms with van der Waals surface area (Å²) in [6.07, 6.45) is -0.668. The molecule has 0 radical (unpaired) electrons. The van der Waals surface area contributed by atoms with Crippen molar-refractivity contribution in [1.29, 1.82) is 0 Å². The number of amides is 1. The summed E-state index contributed by atoms with van der Waals surface area (Å²) in [5.74, 6) is -0.150. The van der Waals surface area contributed by atoms with Crippen LogP contribution in [0.2, 0.25) is 5.02 Å². The van der Waals surface area contributed by atoms with Gasteiger partial charge in [-0.3, -0.25) is 9.59 Å². The van der Waals surface area contributed by atoms with Crippen molar-refractivity contribution in [2.24, 2.45) is 0 Å². The Kier molecular flexibility index (Phi) is 7.19. The largest absolute Gasteiger partial charge is 0.453 e. The van der Waals surface area contributed by atoms with E-state index in [2.05, 4.69) is 15.5 Å². The van der Waals surface area contributed by atoms with Crippen LogP contribution in [0.3, 0.4) is 0 Å². The van der Waals surface area contributed by atoms with Gasteiger partial charge in [0.05, 0.1) is 12.5 Å². The van der Waals surface area contributed by atoms with Crippen molar-refractivity contribution < 1.29 is 18.8 Å². The van der Waals surface area contributed by atoms with E-state index in [1.807, 2.05) is 37.3 Å². The predicted octanol–water partition coefficient (Wildman–Crippen LogP) is 4.13. The second kappa shape index (κ2) is 10.0. The Hall–Kier alpha value is -3.19. The lowest BCUT2D eigenvalue weighted by Crippen LogP contribution is -2.37. The van der Waals surface area contributed by atoms with E-state index >= 15 is 0 Å². The van der Waals surface area contributed by atoms with Crippen LogP contribution in [0, 0.1) is 0 Å². The molecule has 3 aromatic rings. The number of benzene rings is 2. The molecule has 1 N–H and O–H groups in total. The van der Waals surface area contributed by atoms with Crippen LogP contribution < -0.4 is 5.32 Å². The standard InChI is InChI=1S/C22H22ClN3O4/c1-14(16-6-4-3-5-7-16)24-22(28)15(2)29-20(27)13-12-19-25-21(26-30-19)17-8-10-18(23)11-9-17/h3-11,14-15H,12-13H2,1-2H3,(H,24,28). The smallest absolute Gasteiger partial charge is 0.307 e. The zero-order chi connectivity index (χ0) is 21.5. The first-order chi connectivity index (χ1) is 14.4. The zero-order valence-corrected chi connectivity index (χ0v) is 17.4. The highest BCUT2D eigenvalue weighted by atomic mass is 35.5. The first-order valence-corrected chi connectivity index (χ1v) is 9.93. The Labute approximate surface area is 179 Å². The minimum atomic E-state index is -0.907. The predicted molar refractivity (Wildman–Crippen MR) is 112 cm³/mol. The van der Waals surface area contributed by atoms with Crippen LogP contribution >= 0.6 is 11.6 Å². The number of ether oxygens (including phenoxy) is 1. The Morgan fingerprint density at radius 3 is 2.50 bits per heavy atom. The number of aromatic nitrogens is 2. The molecule has 0 aliphatic heterocycles. The van der Waals surface area contributed by atoms with E-state index in [9.17, 15) is 9.59 Å². The molecule has 0 aliphatic carbocycles. The van der Waals surface area contributed by atoms with Gasteiger partial charge in [-0.05, 0) is 43.7 Å². The van der Waals surface area contributed by atoms with Gasteiger partial charge in [-0.25, -0.2) is 0 Å². The van der Waals surface area contributed by atoms with Crippen molar-refractivity contribution in [3.8, 4) is 11.4 Å². The minimum Gasteiger partial charge on any atom is -0.453 e. The molecular formula is C22H22ClN3O4. The van der Waals surface area contributed by atoms with Crippen molar-refractivity contribution >= 4 is 23.5 Å². The number of hydrogen-bond donors (Lipinski definition) is 1. The maximum Gasteiger partial charge on any atom is 0.307 e. The van der Waals surface area contributed by atoms with Gasteiger partial charge in [0.2, 0.25) is 11.7 Å². The molecule has 1 heterocycles. The Morgan fingerprint density at radius 2 is 1.80 bits per heavy atom. The number of esters is 1. The van der Waals surface area contributed by atoms with E-state index in [0.717, 1.165) is 11.1 Å². The molecule has 0 spiro atoms. The highest BCUT2D eigenvalue weighted by Gasteiger charge is 2.20. The second-order valence-electron chi connectivity index (χ2n) is 6.79. The lowest BCUT2D eigenvalue weighted by atomic mass is 10.1. The molecule has 7 nitrogen and oxygen atoms in total. The van der Waals surface area contributed by atoms with Crippen LogP contribution in [0.5, 0.6) is 0 Å². The van der Waals surface area contributed by atoms with Gasteiger partial charge in [0.1, 0.15) is 0 Å². The molecule has 0 fully saturated rings. The van der Waals surface area contributed by atoms with E-state index in [4.69, 9.17) is 20.9 Å². The van der Waals surface area contributed by atoms with Crippen LogP contribution in [0.25, 0.3) is 11.4 Å². The second-order valence-corrected chi connectivity index (χ2v) is 7.23. The normalized spacial score (nSPS) is 12.8. The summed E-state index contributed by atoms with van der Waals surface area (Å²) in [7, 11) is 0. The molecule has 0 saturated heterocycles. The lowest BCUT2D eigenvalue weighted by molar-refractivity contribution is -0.155. The van der Waals surface area contributed by atoms with Gasteiger partial charge >= 0.3 is 5.97 Å². The third kappa shape index (κ3) is 5.90. The molecule has 3 rings (SSSR count). The van der Waals surface area contributed by atoms with E-state index < -0.39 is 12.1 Å². The summed E-state index contributed by atoms with van der Waals surface area (Å²) in [6.45, 7) is 3.41. The average Bonchev–Trinajstić information content (AvgIpc) is 3.22. The fraction of sp³-hybridized carbons (Fsp3) is 0.273. The number of nitrogens with zero attached hydrogens (tertiary/aromatic N) is 2. The molecule has 1 aromatic heterocycles. The van der Waals surface area contributed by atoms with Gasteiger partial charge in [-0.1, -0.05) is 47.1 Å². The summed E-state index contributed by atoms with van der Waals surface area (Å²) in [5, 5.41) is 7.35. The number of hydrogen-bond acceptors (Lipinski definition) is 6. The molecule has 1 amide bonds. The van der Waals surface area contributed by atoms with Crippen LogP contribution in [-0.2, 0) is 20.7 Å². The molecule has 0 aliphatic rings. The molecule has 8 heteroatoms. The van der Waals surface area contributed by atoms with Gasteiger partial charge in [0.25, 0.3) is 5.91 Å². The summed E-state index contributed by atoms with van der Waals surface area (Å²) in [4.78, 5) is 28.6. The Balaban J connectivity index is 1.46. The highest BCUT2D eigenvalue weighted by Crippen LogP contribution is 2.19. The monoisotopic (exact) mass is 427 g/mol. The van der Waals surface area contributed by atoms with Crippen LogP contribution in [0.4, 0.5) is 0 Å². The van der Waals surface area contributed by atoms with Gasteiger partial charge in [-0.2, -0.15) is 4.98 Å². The van der Waals surface area contributed by atoms with Crippen molar-refractivity contribution in [2.75, 3.05) is 0 Å². The highest BCUT2D eigenvalue weighted by molar-refractivity contribution is 6.30. The van der Waals surface area contributed by atoms with E-state index in [1.54, 1.807) is 24.3 Å². The molecular weight excluding hydrogens is 406 g/mol. The number of halogens is 1. The average molecular weight is 428 g/mol. The number of carbonyl (C=O) groups excluding carboxylic acids is 2. The molecule has 30 heavy (non-hydrogen) atoms. The van der Waals surface area contributed by atoms with Gasteiger partial charge in [-0.15, -0.1) is 0 Å². The zero-order valence-electron chi connectivity index (χ0n) is 16.7. The van der Waals surface area contributed by atoms with Crippen LogP contribution in [0.1, 0.15) is 37.8 Å². The quantitative estimate of drug-likeness (QED) is 0.543.